The lowest BCUT2D eigenvalue weighted by atomic mass is 10.0. The minimum Gasteiger partial charge on any atom is -0.388 e. The summed E-state index contributed by atoms with van der Waals surface area (Å²) >= 11 is 5.94. The Morgan fingerprint density at radius 3 is 2.57 bits per heavy atom. The van der Waals surface area contributed by atoms with E-state index in [1.54, 1.807) is 13.0 Å². The molecule has 2 N–H and O–H groups in total. The third-order valence-corrected chi connectivity index (χ3v) is 3.75. The van der Waals surface area contributed by atoms with Gasteiger partial charge in [0.15, 0.2) is 0 Å². The summed E-state index contributed by atoms with van der Waals surface area (Å²) < 4.78 is 26.1. The monoisotopic (exact) mass is 339 g/mol. The minimum atomic E-state index is -1.11. The number of carbonyl (C=O) groups excluding carboxylic acids is 1. The van der Waals surface area contributed by atoms with Gasteiger partial charge in [0, 0.05) is 5.02 Å². The fourth-order valence-electron chi connectivity index (χ4n) is 2.24. The summed E-state index contributed by atoms with van der Waals surface area (Å²) in [6, 6.07) is 8.91. The molecule has 0 fully saturated rings. The Bertz CT molecular complexity index is 709. The molecule has 0 aromatic heterocycles. The number of hydrogen-bond acceptors (Lipinski definition) is 2. The normalized spacial score (nSPS) is 13.4. The number of carbonyl (C=O) groups is 1. The Balaban J connectivity index is 1.98. The van der Waals surface area contributed by atoms with Crippen LogP contribution in [0.3, 0.4) is 0 Å². The average molecular weight is 340 g/mol. The molecule has 0 saturated heterocycles. The molecule has 2 rings (SSSR count). The zero-order chi connectivity index (χ0) is 17.0. The lowest BCUT2D eigenvalue weighted by Gasteiger charge is -2.17. The summed E-state index contributed by atoms with van der Waals surface area (Å²) in [6.07, 6.45) is -1.33. The molecule has 122 valence electrons. The van der Waals surface area contributed by atoms with Gasteiger partial charge in [0.2, 0.25) is 5.91 Å². The van der Waals surface area contributed by atoms with Crippen LogP contribution in [0.5, 0.6) is 0 Å². The molecule has 2 unspecified atom stereocenters. The minimum absolute atomic E-state index is 0.212. The first-order chi connectivity index (χ1) is 10.9. The van der Waals surface area contributed by atoms with Gasteiger partial charge in [-0.25, -0.2) is 8.78 Å². The van der Waals surface area contributed by atoms with Gasteiger partial charge in [0.05, 0.1) is 18.6 Å². The van der Waals surface area contributed by atoms with Crippen molar-refractivity contribution in [3.05, 3.63) is 70.2 Å². The second kappa shape index (κ2) is 7.53. The summed E-state index contributed by atoms with van der Waals surface area (Å²) in [6.45, 7) is 1.70. The summed E-state index contributed by atoms with van der Waals surface area (Å²) in [5.41, 5.74) is 0.897. The second-order valence-electron chi connectivity index (χ2n) is 5.23. The SMILES string of the molecule is CC(NC(=O)CC(O)c1cccc(F)c1)c1ccc(F)cc1Cl. The van der Waals surface area contributed by atoms with Crippen molar-refractivity contribution in [3.8, 4) is 0 Å². The van der Waals surface area contributed by atoms with Crippen molar-refractivity contribution in [1.29, 1.82) is 0 Å². The van der Waals surface area contributed by atoms with Crippen LogP contribution in [0.4, 0.5) is 8.78 Å². The number of aliphatic hydroxyl groups is 1. The number of hydrogen-bond donors (Lipinski definition) is 2. The molecule has 2 atom stereocenters. The van der Waals surface area contributed by atoms with Crippen molar-refractivity contribution in [2.75, 3.05) is 0 Å². The number of benzene rings is 2. The average Bonchev–Trinajstić information content (AvgIpc) is 2.46. The molecule has 23 heavy (non-hydrogen) atoms. The van der Waals surface area contributed by atoms with E-state index in [2.05, 4.69) is 5.32 Å². The quantitative estimate of drug-likeness (QED) is 0.867. The van der Waals surface area contributed by atoms with E-state index >= 15 is 0 Å². The summed E-state index contributed by atoms with van der Waals surface area (Å²) in [5, 5.41) is 12.9. The predicted octanol–water partition coefficient (Wildman–Crippen LogP) is 3.92. The molecule has 0 aliphatic carbocycles. The zero-order valence-corrected chi connectivity index (χ0v) is 13.1. The van der Waals surface area contributed by atoms with Gasteiger partial charge < -0.3 is 10.4 Å². The van der Waals surface area contributed by atoms with Crippen molar-refractivity contribution in [2.45, 2.75) is 25.5 Å². The lowest BCUT2D eigenvalue weighted by molar-refractivity contribution is -0.123. The van der Waals surface area contributed by atoms with Gasteiger partial charge in [0.1, 0.15) is 11.6 Å². The van der Waals surface area contributed by atoms with E-state index in [0.717, 1.165) is 0 Å². The highest BCUT2D eigenvalue weighted by atomic mass is 35.5. The van der Waals surface area contributed by atoms with Crippen LogP contribution in [-0.2, 0) is 4.79 Å². The van der Waals surface area contributed by atoms with Crippen LogP contribution in [0, 0.1) is 11.6 Å². The van der Waals surface area contributed by atoms with E-state index in [1.165, 1.54) is 36.4 Å². The van der Waals surface area contributed by atoms with Gasteiger partial charge in [-0.1, -0.05) is 29.8 Å². The highest BCUT2D eigenvalue weighted by molar-refractivity contribution is 6.31. The molecule has 2 aromatic rings. The first-order valence-corrected chi connectivity index (χ1v) is 7.42. The molecule has 0 aliphatic rings. The maximum absolute atomic E-state index is 13.1. The third kappa shape index (κ3) is 4.74. The number of amides is 1. The van der Waals surface area contributed by atoms with Gasteiger partial charge in [-0.3, -0.25) is 4.79 Å². The summed E-state index contributed by atoms with van der Waals surface area (Å²) in [5.74, 6) is -1.36. The molecule has 3 nitrogen and oxygen atoms in total. The van der Waals surface area contributed by atoms with Gasteiger partial charge in [-0.05, 0) is 42.3 Å². The number of rotatable bonds is 5. The molecule has 0 saturated carbocycles. The zero-order valence-electron chi connectivity index (χ0n) is 12.4. The molecular weight excluding hydrogens is 324 g/mol. The van der Waals surface area contributed by atoms with E-state index in [4.69, 9.17) is 11.6 Å². The van der Waals surface area contributed by atoms with E-state index in [0.29, 0.717) is 11.1 Å². The first-order valence-electron chi connectivity index (χ1n) is 7.04. The molecule has 0 radical (unpaired) electrons. The second-order valence-corrected chi connectivity index (χ2v) is 5.64. The first kappa shape index (κ1) is 17.4. The smallest absolute Gasteiger partial charge is 0.223 e. The van der Waals surface area contributed by atoms with Crippen molar-refractivity contribution >= 4 is 17.5 Å². The van der Waals surface area contributed by atoms with E-state index in [1.807, 2.05) is 0 Å². The van der Waals surface area contributed by atoms with Crippen molar-refractivity contribution in [1.82, 2.24) is 5.32 Å². The maximum atomic E-state index is 13.1. The Morgan fingerprint density at radius 1 is 1.22 bits per heavy atom. The molecular formula is C17H16ClF2NO2. The van der Waals surface area contributed by atoms with Crippen molar-refractivity contribution in [2.24, 2.45) is 0 Å². The van der Waals surface area contributed by atoms with Crippen molar-refractivity contribution in [3.63, 3.8) is 0 Å². The van der Waals surface area contributed by atoms with Crippen LogP contribution in [0.1, 0.15) is 36.6 Å². The largest absolute Gasteiger partial charge is 0.388 e. The molecule has 6 heteroatoms. The van der Waals surface area contributed by atoms with Crippen LogP contribution >= 0.6 is 11.6 Å². The van der Waals surface area contributed by atoms with E-state index in [9.17, 15) is 18.7 Å². The highest BCUT2D eigenvalue weighted by Gasteiger charge is 2.17. The lowest BCUT2D eigenvalue weighted by Crippen LogP contribution is -2.28. The topological polar surface area (TPSA) is 49.3 Å². The molecule has 0 spiro atoms. The molecule has 0 heterocycles. The Labute approximate surface area is 137 Å². The van der Waals surface area contributed by atoms with E-state index < -0.39 is 29.7 Å². The van der Waals surface area contributed by atoms with Crippen molar-refractivity contribution < 1.29 is 18.7 Å². The Hall–Kier alpha value is -1.98. The van der Waals surface area contributed by atoms with Gasteiger partial charge in [-0.2, -0.15) is 0 Å². The standard InChI is InChI=1S/C17H16ClF2NO2/c1-10(14-6-5-13(20)8-15(14)18)21-17(23)9-16(22)11-3-2-4-12(19)7-11/h2-8,10,16,22H,9H2,1H3,(H,21,23). The van der Waals surface area contributed by atoms with Gasteiger partial charge in [-0.15, -0.1) is 0 Å². The Kier molecular flexibility index (Phi) is 5.69. The Morgan fingerprint density at radius 2 is 1.91 bits per heavy atom. The van der Waals surface area contributed by atoms with Crippen LogP contribution in [0.2, 0.25) is 5.02 Å². The third-order valence-electron chi connectivity index (χ3n) is 3.42. The van der Waals surface area contributed by atoms with Crippen LogP contribution in [-0.4, -0.2) is 11.0 Å². The number of nitrogens with one attached hydrogen (secondary N) is 1. The number of aliphatic hydroxyl groups excluding tert-OH is 1. The van der Waals surface area contributed by atoms with Gasteiger partial charge in [0.25, 0.3) is 0 Å². The summed E-state index contributed by atoms with van der Waals surface area (Å²) in [4.78, 5) is 12.0. The molecule has 1 amide bonds. The molecule has 0 bridgehead atoms. The van der Waals surface area contributed by atoms with Crippen LogP contribution < -0.4 is 5.32 Å². The fraction of sp³-hybridized carbons (Fsp3) is 0.235. The van der Waals surface area contributed by atoms with Crippen LogP contribution in [0.15, 0.2) is 42.5 Å². The van der Waals surface area contributed by atoms with Gasteiger partial charge >= 0.3 is 0 Å². The maximum Gasteiger partial charge on any atom is 0.223 e. The molecule has 0 aliphatic heterocycles. The fourth-order valence-corrected chi connectivity index (χ4v) is 2.57. The molecule has 2 aromatic carbocycles. The number of halogens is 3. The summed E-state index contributed by atoms with van der Waals surface area (Å²) in [7, 11) is 0. The predicted molar refractivity (Wildman–Crippen MR) is 83.9 cm³/mol. The van der Waals surface area contributed by atoms with E-state index in [-0.39, 0.29) is 11.4 Å². The van der Waals surface area contributed by atoms with Crippen LogP contribution in [0.25, 0.3) is 0 Å². The highest BCUT2D eigenvalue weighted by Crippen LogP contribution is 2.24.